The van der Waals surface area contributed by atoms with E-state index in [0.29, 0.717) is 0 Å². The summed E-state index contributed by atoms with van der Waals surface area (Å²) in [4.78, 5) is 0. The largest absolute Gasteiger partial charge is 1.00 e. The van der Waals surface area contributed by atoms with Gasteiger partial charge in [0.25, 0.3) is 0 Å². The van der Waals surface area contributed by atoms with Crippen LogP contribution in [0, 0.1) is 0 Å². The van der Waals surface area contributed by atoms with E-state index in [4.69, 9.17) is 0 Å². The Balaban J connectivity index is 0.00000147. The number of aryl methyl sites for hydroxylation is 2. The van der Waals surface area contributed by atoms with Gasteiger partial charge in [0.2, 0.25) is 0 Å². The number of hydrogen-bond acceptors (Lipinski definition) is 1. The average Bonchev–Trinajstić information content (AvgIpc) is 2.47. The summed E-state index contributed by atoms with van der Waals surface area (Å²) in [5, 5.41) is 13.7. The SMILES string of the molecule is [Na+].[O-]c1ccc(CCc2cccc3ccccc23)cc1. The zero-order valence-electron chi connectivity index (χ0n) is 11.7. The van der Waals surface area contributed by atoms with Crippen LogP contribution in [0.25, 0.3) is 10.8 Å². The third-order valence-electron chi connectivity index (χ3n) is 3.49. The topological polar surface area (TPSA) is 23.1 Å². The quantitative estimate of drug-likeness (QED) is 0.643. The van der Waals surface area contributed by atoms with Crippen molar-refractivity contribution in [2.75, 3.05) is 0 Å². The number of fused-ring (bicyclic) bond motifs is 1. The van der Waals surface area contributed by atoms with Crippen molar-refractivity contribution >= 4 is 10.8 Å². The Morgan fingerprint density at radius 1 is 0.700 bits per heavy atom. The summed E-state index contributed by atoms with van der Waals surface area (Å²) in [7, 11) is 0. The molecule has 0 aromatic heterocycles. The zero-order valence-corrected chi connectivity index (χ0v) is 13.7. The summed E-state index contributed by atoms with van der Waals surface area (Å²) in [6, 6.07) is 22.0. The first-order chi connectivity index (χ1) is 9.33. The Labute approximate surface area is 141 Å². The molecule has 0 fully saturated rings. The standard InChI is InChI=1S/C18H16O.Na/c19-17-12-9-14(10-13-17)8-11-16-6-3-5-15-4-1-2-7-18(15)16;/h1-7,9-10,12-13,19H,8,11H2;/q;+1/p-1. The molecule has 2 heteroatoms. The molecule has 0 radical (unpaired) electrons. The molecule has 0 unspecified atom stereocenters. The summed E-state index contributed by atoms with van der Waals surface area (Å²) in [5.41, 5.74) is 2.58. The summed E-state index contributed by atoms with van der Waals surface area (Å²) in [6.07, 6.45) is 1.97. The molecule has 0 heterocycles. The van der Waals surface area contributed by atoms with Gasteiger partial charge in [-0.25, -0.2) is 0 Å². The fourth-order valence-electron chi connectivity index (χ4n) is 2.45. The molecule has 3 aromatic carbocycles. The van der Waals surface area contributed by atoms with Crippen LogP contribution >= 0.6 is 0 Å². The average molecular weight is 270 g/mol. The van der Waals surface area contributed by atoms with E-state index in [1.165, 1.54) is 21.9 Å². The predicted octanol–water partition coefficient (Wildman–Crippen LogP) is 0.703. The van der Waals surface area contributed by atoms with Crippen LogP contribution < -0.4 is 34.7 Å². The van der Waals surface area contributed by atoms with Gasteiger partial charge in [-0.3, -0.25) is 0 Å². The first-order valence-corrected chi connectivity index (χ1v) is 6.55. The van der Waals surface area contributed by atoms with Gasteiger partial charge >= 0.3 is 29.6 Å². The van der Waals surface area contributed by atoms with Crippen molar-refractivity contribution in [1.29, 1.82) is 0 Å². The third-order valence-corrected chi connectivity index (χ3v) is 3.49. The second kappa shape index (κ2) is 6.94. The number of rotatable bonds is 3. The maximum atomic E-state index is 11.1. The molecule has 0 bridgehead atoms. The van der Waals surface area contributed by atoms with Crippen molar-refractivity contribution in [3.8, 4) is 5.75 Å². The Morgan fingerprint density at radius 3 is 2.20 bits per heavy atom. The molecule has 0 aliphatic rings. The number of benzene rings is 3. The van der Waals surface area contributed by atoms with Crippen LogP contribution in [0.4, 0.5) is 0 Å². The van der Waals surface area contributed by atoms with E-state index in [1.54, 1.807) is 12.1 Å². The Kier molecular flexibility index (Phi) is 5.24. The second-order valence-corrected chi connectivity index (χ2v) is 4.78. The molecule has 0 N–H and O–H groups in total. The molecular weight excluding hydrogens is 255 g/mol. The van der Waals surface area contributed by atoms with Gasteiger partial charge in [-0.2, -0.15) is 0 Å². The summed E-state index contributed by atoms with van der Waals surface area (Å²) in [5.74, 6) is 0.0777. The van der Waals surface area contributed by atoms with Crippen LogP contribution in [-0.2, 0) is 12.8 Å². The van der Waals surface area contributed by atoms with Crippen molar-refractivity contribution in [3.63, 3.8) is 0 Å². The van der Waals surface area contributed by atoms with Gasteiger partial charge in [0.05, 0.1) is 0 Å². The van der Waals surface area contributed by atoms with Crippen LogP contribution in [0.5, 0.6) is 5.75 Å². The van der Waals surface area contributed by atoms with Gasteiger partial charge in [-0.15, -0.1) is 5.75 Å². The molecule has 0 aliphatic carbocycles. The van der Waals surface area contributed by atoms with Crippen LogP contribution in [0.15, 0.2) is 66.7 Å². The minimum atomic E-state index is 0. The third kappa shape index (κ3) is 3.43. The Hall–Kier alpha value is -1.28. The first kappa shape index (κ1) is 15.1. The van der Waals surface area contributed by atoms with E-state index in [9.17, 15) is 5.11 Å². The summed E-state index contributed by atoms with van der Waals surface area (Å²) in [6.45, 7) is 0. The molecule has 20 heavy (non-hydrogen) atoms. The van der Waals surface area contributed by atoms with Crippen LogP contribution in [0.3, 0.4) is 0 Å². The molecule has 3 rings (SSSR count). The molecule has 0 spiro atoms. The van der Waals surface area contributed by atoms with E-state index in [0.717, 1.165) is 12.8 Å². The summed E-state index contributed by atoms with van der Waals surface area (Å²) < 4.78 is 0. The predicted molar refractivity (Wildman–Crippen MR) is 77.2 cm³/mol. The van der Waals surface area contributed by atoms with Crippen LogP contribution in [0.2, 0.25) is 0 Å². The monoisotopic (exact) mass is 270 g/mol. The van der Waals surface area contributed by atoms with Crippen molar-refractivity contribution < 1.29 is 34.7 Å². The van der Waals surface area contributed by atoms with Gasteiger partial charge in [0.1, 0.15) is 0 Å². The molecule has 0 aliphatic heterocycles. The normalized spacial score (nSPS) is 10.2. The number of hydrogen-bond donors (Lipinski definition) is 0. The molecule has 0 saturated carbocycles. The van der Waals surface area contributed by atoms with Crippen molar-refractivity contribution in [2.24, 2.45) is 0 Å². The van der Waals surface area contributed by atoms with E-state index >= 15 is 0 Å². The van der Waals surface area contributed by atoms with E-state index in [-0.39, 0.29) is 35.3 Å². The maximum Gasteiger partial charge on any atom is 1.00 e. The van der Waals surface area contributed by atoms with Crippen LogP contribution in [0.1, 0.15) is 11.1 Å². The van der Waals surface area contributed by atoms with Crippen molar-refractivity contribution in [1.82, 2.24) is 0 Å². The van der Waals surface area contributed by atoms with E-state index in [1.807, 2.05) is 12.1 Å². The van der Waals surface area contributed by atoms with Gasteiger partial charge in [-0.1, -0.05) is 66.7 Å². The van der Waals surface area contributed by atoms with E-state index < -0.39 is 0 Å². The molecule has 0 saturated heterocycles. The maximum absolute atomic E-state index is 11.1. The van der Waals surface area contributed by atoms with Crippen molar-refractivity contribution in [3.05, 3.63) is 77.9 Å². The van der Waals surface area contributed by atoms with Crippen molar-refractivity contribution in [2.45, 2.75) is 12.8 Å². The van der Waals surface area contributed by atoms with Crippen LogP contribution in [-0.4, -0.2) is 0 Å². The van der Waals surface area contributed by atoms with Gasteiger partial charge in [-0.05, 0) is 34.7 Å². The van der Waals surface area contributed by atoms with Gasteiger partial charge in [0.15, 0.2) is 0 Å². The Morgan fingerprint density at radius 2 is 1.40 bits per heavy atom. The minimum absolute atomic E-state index is 0. The van der Waals surface area contributed by atoms with E-state index in [2.05, 4.69) is 42.5 Å². The van der Waals surface area contributed by atoms with Gasteiger partial charge in [0, 0.05) is 0 Å². The Bertz CT molecular complexity index is 684. The second-order valence-electron chi connectivity index (χ2n) is 4.78. The smallest absolute Gasteiger partial charge is 0.872 e. The van der Waals surface area contributed by atoms with Gasteiger partial charge < -0.3 is 5.11 Å². The fourth-order valence-corrected chi connectivity index (χ4v) is 2.45. The molecule has 0 atom stereocenters. The molecular formula is C18H15NaO. The minimum Gasteiger partial charge on any atom is -0.872 e. The summed E-state index contributed by atoms with van der Waals surface area (Å²) >= 11 is 0. The molecule has 1 nitrogen and oxygen atoms in total. The first-order valence-electron chi connectivity index (χ1n) is 6.55. The molecule has 0 amide bonds. The fraction of sp³-hybridized carbons (Fsp3) is 0.111. The molecule has 3 aromatic rings. The molecule has 94 valence electrons. The zero-order chi connectivity index (χ0) is 13.1.